The quantitative estimate of drug-likeness (QED) is 0.921. The van der Waals surface area contributed by atoms with Crippen LogP contribution in [0.25, 0.3) is 0 Å². The standard InChI is InChI=1S/C15H21N3O2S/c1-11-9-13(3)18(17-11)10-12(2)16-14-7-5-6-8-15(14)21(4,19)20/h5-9,12,16H,10H2,1-4H3/t12-/m1/s1. The van der Waals surface area contributed by atoms with Crippen LogP contribution < -0.4 is 5.32 Å². The maximum atomic E-state index is 11.8. The lowest BCUT2D eigenvalue weighted by molar-refractivity contribution is 0.544. The molecule has 0 spiro atoms. The van der Waals surface area contributed by atoms with Crippen molar-refractivity contribution >= 4 is 15.5 Å². The van der Waals surface area contributed by atoms with Gasteiger partial charge in [-0.2, -0.15) is 5.10 Å². The fourth-order valence-corrected chi connectivity index (χ4v) is 3.19. The highest BCUT2D eigenvalue weighted by atomic mass is 32.2. The summed E-state index contributed by atoms with van der Waals surface area (Å²) in [5.41, 5.74) is 2.71. The first-order valence-electron chi connectivity index (χ1n) is 6.84. The number of hydrogen-bond acceptors (Lipinski definition) is 4. The fourth-order valence-electron chi connectivity index (χ4n) is 2.34. The van der Waals surface area contributed by atoms with Gasteiger partial charge < -0.3 is 5.32 Å². The number of anilines is 1. The molecular formula is C15H21N3O2S. The molecule has 6 heteroatoms. The molecule has 2 aromatic rings. The first-order valence-corrected chi connectivity index (χ1v) is 8.73. The van der Waals surface area contributed by atoms with Gasteiger partial charge in [-0.3, -0.25) is 4.68 Å². The van der Waals surface area contributed by atoms with E-state index in [-0.39, 0.29) is 6.04 Å². The highest BCUT2D eigenvalue weighted by molar-refractivity contribution is 7.90. The molecule has 0 fully saturated rings. The zero-order valence-electron chi connectivity index (χ0n) is 12.8. The predicted molar refractivity (Wildman–Crippen MR) is 84.3 cm³/mol. The number of sulfone groups is 1. The van der Waals surface area contributed by atoms with Gasteiger partial charge in [0.25, 0.3) is 0 Å². The van der Waals surface area contributed by atoms with Gasteiger partial charge in [0.15, 0.2) is 9.84 Å². The lowest BCUT2D eigenvalue weighted by atomic mass is 10.2. The van der Waals surface area contributed by atoms with E-state index in [0.29, 0.717) is 17.1 Å². The van der Waals surface area contributed by atoms with Crippen molar-refractivity contribution in [3.63, 3.8) is 0 Å². The number of nitrogens with zero attached hydrogens (tertiary/aromatic N) is 2. The Hall–Kier alpha value is -1.82. The third-order valence-electron chi connectivity index (χ3n) is 3.24. The van der Waals surface area contributed by atoms with Crippen LogP contribution in [-0.2, 0) is 16.4 Å². The first kappa shape index (κ1) is 15.6. The van der Waals surface area contributed by atoms with Crippen LogP contribution in [0.4, 0.5) is 5.69 Å². The van der Waals surface area contributed by atoms with Crippen molar-refractivity contribution in [2.75, 3.05) is 11.6 Å². The Morgan fingerprint density at radius 2 is 1.95 bits per heavy atom. The monoisotopic (exact) mass is 307 g/mol. The molecule has 0 saturated carbocycles. The summed E-state index contributed by atoms with van der Waals surface area (Å²) >= 11 is 0. The zero-order chi connectivity index (χ0) is 15.6. The maximum absolute atomic E-state index is 11.8. The summed E-state index contributed by atoms with van der Waals surface area (Å²) in [5.74, 6) is 0. The number of aromatic nitrogens is 2. The summed E-state index contributed by atoms with van der Waals surface area (Å²) in [6, 6.07) is 9.05. The Labute approximate surface area is 125 Å². The van der Waals surface area contributed by atoms with Crippen molar-refractivity contribution in [3.05, 3.63) is 41.7 Å². The third-order valence-corrected chi connectivity index (χ3v) is 4.39. The van der Waals surface area contributed by atoms with Crippen LogP contribution in [0.2, 0.25) is 0 Å². The van der Waals surface area contributed by atoms with Crippen molar-refractivity contribution in [2.24, 2.45) is 0 Å². The van der Waals surface area contributed by atoms with Gasteiger partial charge in [-0.05, 0) is 39.0 Å². The van der Waals surface area contributed by atoms with E-state index in [4.69, 9.17) is 0 Å². The summed E-state index contributed by atoms with van der Waals surface area (Å²) in [5, 5.41) is 7.68. The Morgan fingerprint density at radius 3 is 2.52 bits per heavy atom. The normalized spacial score (nSPS) is 13.1. The average Bonchev–Trinajstić information content (AvgIpc) is 2.67. The number of hydrogen-bond donors (Lipinski definition) is 1. The van der Waals surface area contributed by atoms with Crippen LogP contribution in [0.15, 0.2) is 35.2 Å². The molecule has 0 amide bonds. The molecule has 0 radical (unpaired) electrons. The Bertz CT molecular complexity index is 735. The van der Waals surface area contributed by atoms with Crippen molar-refractivity contribution in [1.82, 2.24) is 9.78 Å². The molecule has 0 aliphatic rings. The second-order valence-corrected chi connectivity index (χ2v) is 7.41. The van der Waals surface area contributed by atoms with Crippen molar-refractivity contribution in [3.8, 4) is 0 Å². The Balaban J connectivity index is 2.17. The van der Waals surface area contributed by atoms with E-state index in [1.54, 1.807) is 18.2 Å². The van der Waals surface area contributed by atoms with E-state index in [1.165, 1.54) is 6.26 Å². The van der Waals surface area contributed by atoms with Gasteiger partial charge in [0.2, 0.25) is 0 Å². The largest absolute Gasteiger partial charge is 0.380 e. The predicted octanol–water partition coefficient (Wildman–Crippen LogP) is 2.40. The minimum atomic E-state index is -3.24. The van der Waals surface area contributed by atoms with E-state index in [2.05, 4.69) is 10.4 Å². The van der Waals surface area contributed by atoms with E-state index in [0.717, 1.165) is 11.4 Å². The summed E-state index contributed by atoms with van der Waals surface area (Å²) in [6.45, 7) is 6.66. The van der Waals surface area contributed by atoms with Gasteiger partial charge in [0.1, 0.15) is 0 Å². The van der Waals surface area contributed by atoms with E-state index < -0.39 is 9.84 Å². The van der Waals surface area contributed by atoms with Gasteiger partial charge in [-0.15, -0.1) is 0 Å². The van der Waals surface area contributed by atoms with Crippen LogP contribution in [0, 0.1) is 13.8 Å². The minimum Gasteiger partial charge on any atom is -0.380 e. The lowest BCUT2D eigenvalue weighted by Crippen LogP contribution is -2.24. The van der Waals surface area contributed by atoms with E-state index in [9.17, 15) is 8.42 Å². The van der Waals surface area contributed by atoms with Crippen LogP contribution in [0.5, 0.6) is 0 Å². The lowest BCUT2D eigenvalue weighted by Gasteiger charge is -2.18. The van der Waals surface area contributed by atoms with Gasteiger partial charge in [-0.1, -0.05) is 12.1 Å². The summed E-state index contributed by atoms with van der Waals surface area (Å²) in [6.07, 6.45) is 1.22. The van der Waals surface area contributed by atoms with Crippen molar-refractivity contribution in [1.29, 1.82) is 0 Å². The van der Waals surface area contributed by atoms with Crippen LogP contribution in [0.1, 0.15) is 18.3 Å². The molecule has 0 bridgehead atoms. The maximum Gasteiger partial charge on any atom is 0.177 e. The van der Waals surface area contributed by atoms with Crippen molar-refractivity contribution in [2.45, 2.75) is 38.3 Å². The summed E-state index contributed by atoms with van der Waals surface area (Å²) < 4.78 is 25.5. The van der Waals surface area contributed by atoms with Gasteiger partial charge in [-0.25, -0.2) is 8.42 Å². The average molecular weight is 307 g/mol. The topological polar surface area (TPSA) is 64.0 Å². The van der Waals surface area contributed by atoms with Crippen molar-refractivity contribution < 1.29 is 8.42 Å². The SMILES string of the molecule is Cc1cc(C)n(C[C@@H](C)Nc2ccccc2S(C)(=O)=O)n1. The summed E-state index contributed by atoms with van der Waals surface area (Å²) in [4.78, 5) is 0.324. The highest BCUT2D eigenvalue weighted by Crippen LogP contribution is 2.21. The number of para-hydroxylation sites is 1. The third kappa shape index (κ3) is 3.85. The molecule has 114 valence electrons. The Morgan fingerprint density at radius 1 is 1.29 bits per heavy atom. The molecule has 1 heterocycles. The van der Waals surface area contributed by atoms with E-state index >= 15 is 0 Å². The van der Waals surface area contributed by atoms with E-state index in [1.807, 2.05) is 37.6 Å². The smallest absolute Gasteiger partial charge is 0.177 e. The molecule has 0 saturated heterocycles. The molecule has 1 aromatic carbocycles. The molecule has 0 aliphatic carbocycles. The molecule has 5 nitrogen and oxygen atoms in total. The molecule has 21 heavy (non-hydrogen) atoms. The van der Waals surface area contributed by atoms with Gasteiger partial charge >= 0.3 is 0 Å². The minimum absolute atomic E-state index is 0.0610. The number of benzene rings is 1. The highest BCUT2D eigenvalue weighted by Gasteiger charge is 2.14. The van der Waals surface area contributed by atoms with Gasteiger partial charge in [0, 0.05) is 18.0 Å². The van der Waals surface area contributed by atoms with Gasteiger partial charge in [0.05, 0.1) is 22.8 Å². The molecule has 0 aliphatic heterocycles. The molecule has 1 N–H and O–H groups in total. The molecule has 1 atom stereocenters. The number of rotatable bonds is 5. The number of nitrogens with one attached hydrogen (secondary N) is 1. The fraction of sp³-hybridized carbons (Fsp3) is 0.400. The zero-order valence-corrected chi connectivity index (χ0v) is 13.6. The first-order chi connectivity index (χ1) is 9.77. The molecule has 2 rings (SSSR count). The second kappa shape index (κ2) is 5.89. The van der Waals surface area contributed by atoms with Crippen LogP contribution >= 0.6 is 0 Å². The Kier molecular flexibility index (Phi) is 4.37. The number of aryl methyl sites for hydroxylation is 2. The molecule has 0 unspecified atom stereocenters. The van der Waals surface area contributed by atoms with Crippen LogP contribution in [-0.4, -0.2) is 30.5 Å². The molecule has 1 aromatic heterocycles. The second-order valence-electron chi connectivity index (χ2n) is 5.42. The van der Waals surface area contributed by atoms with Crippen LogP contribution in [0.3, 0.4) is 0 Å². The summed E-state index contributed by atoms with van der Waals surface area (Å²) in [7, 11) is -3.24. The molecular weight excluding hydrogens is 286 g/mol.